The van der Waals surface area contributed by atoms with Gasteiger partial charge in [0.25, 0.3) is 0 Å². The molecular weight excluding hydrogens is 276 g/mol. The van der Waals surface area contributed by atoms with Crippen molar-refractivity contribution >= 4 is 5.97 Å². The molecule has 0 aliphatic carbocycles. The summed E-state index contributed by atoms with van der Waals surface area (Å²) in [5.74, 6) is -1.14. The summed E-state index contributed by atoms with van der Waals surface area (Å²) in [6, 6.07) is 4.19. The standard InChI is InChI=1S/C15H22O6/c1-10(20-2)9-21-15(19)12(5-6-16)7-11-3-4-13(17)8-14(11)18/h3-4,8,10,12,16-18H,5-7,9H2,1-2H3. The molecule has 2 atom stereocenters. The average molecular weight is 298 g/mol. The zero-order valence-electron chi connectivity index (χ0n) is 12.3. The fourth-order valence-corrected chi connectivity index (χ4v) is 1.83. The number of hydrogen-bond donors (Lipinski definition) is 3. The summed E-state index contributed by atoms with van der Waals surface area (Å²) in [6.07, 6.45) is 0.263. The van der Waals surface area contributed by atoms with Crippen LogP contribution in [0.1, 0.15) is 18.9 Å². The second kappa shape index (κ2) is 8.49. The van der Waals surface area contributed by atoms with Gasteiger partial charge in [-0.1, -0.05) is 6.07 Å². The van der Waals surface area contributed by atoms with E-state index in [1.807, 2.05) is 0 Å². The normalized spacial score (nSPS) is 13.7. The van der Waals surface area contributed by atoms with Crippen molar-refractivity contribution in [2.24, 2.45) is 5.92 Å². The molecule has 0 bridgehead atoms. The SMILES string of the molecule is COC(C)COC(=O)C(CCO)Cc1ccc(O)cc1O. The Bertz CT molecular complexity index is 459. The van der Waals surface area contributed by atoms with E-state index in [0.29, 0.717) is 5.56 Å². The van der Waals surface area contributed by atoms with Crippen LogP contribution in [-0.2, 0) is 20.7 Å². The third-order valence-electron chi connectivity index (χ3n) is 3.21. The van der Waals surface area contributed by atoms with Gasteiger partial charge in [-0.2, -0.15) is 0 Å². The van der Waals surface area contributed by atoms with Gasteiger partial charge in [-0.3, -0.25) is 4.79 Å². The molecule has 0 aromatic heterocycles. The minimum Gasteiger partial charge on any atom is -0.508 e. The number of methoxy groups -OCH3 is 1. The van der Waals surface area contributed by atoms with E-state index in [4.69, 9.17) is 14.6 Å². The number of esters is 1. The van der Waals surface area contributed by atoms with E-state index >= 15 is 0 Å². The maximum atomic E-state index is 12.0. The van der Waals surface area contributed by atoms with Crippen LogP contribution in [0.15, 0.2) is 18.2 Å². The molecule has 0 saturated carbocycles. The number of rotatable bonds is 8. The summed E-state index contributed by atoms with van der Waals surface area (Å²) in [5.41, 5.74) is 0.517. The smallest absolute Gasteiger partial charge is 0.309 e. The molecule has 0 radical (unpaired) electrons. The Balaban J connectivity index is 2.70. The molecule has 118 valence electrons. The van der Waals surface area contributed by atoms with E-state index in [1.165, 1.54) is 19.2 Å². The monoisotopic (exact) mass is 298 g/mol. The van der Waals surface area contributed by atoms with Gasteiger partial charge in [-0.25, -0.2) is 0 Å². The Morgan fingerprint density at radius 3 is 2.62 bits per heavy atom. The van der Waals surface area contributed by atoms with Crippen LogP contribution < -0.4 is 0 Å². The summed E-state index contributed by atoms with van der Waals surface area (Å²) in [4.78, 5) is 12.0. The Hall–Kier alpha value is -1.79. The van der Waals surface area contributed by atoms with E-state index in [9.17, 15) is 15.0 Å². The summed E-state index contributed by atoms with van der Waals surface area (Å²) in [5, 5.41) is 28.1. The van der Waals surface area contributed by atoms with Crippen LogP contribution in [-0.4, -0.2) is 47.7 Å². The van der Waals surface area contributed by atoms with Crippen molar-refractivity contribution in [1.82, 2.24) is 0 Å². The van der Waals surface area contributed by atoms with E-state index < -0.39 is 11.9 Å². The lowest BCUT2D eigenvalue weighted by atomic mass is 9.96. The molecule has 1 rings (SSSR count). The molecule has 0 aliphatic heterocycles. The molecule has 6 nitrogen and oxygen atoms in total. The van der Waals surface area contributed by atoms with Crippen LogP contribution >= 0.6 is 0 Å². The van der Waals surface area contributed by atoms with Crippen LogP contribution in [0.25, 0.3) is 0 Å². The largest absolute Gasteiger partial charge is 0.508 e. The van der Waals surface area contributed by atoms with E-state index in [-0.39, 0.29) is 43.7 Å². The number of benzene rings is 1. The van der Waals surface area contributed by atoms with Crippen molar-refractivity contribution in [2.45, 2.75) is 25.9 Å². The summed E-state index contributed by atoms with van der Waals surface area (Å²) < 4.78 is 10.1. The van der Waals surface area contributed by atoms with E-state index in [1.54, 1.807) is 13.0 Å². The number of carbonyl (C=O) groups is 1. The van der Waals surface area contributed by atoms with Gasteiger partial charge >= 0.3 is 5.97 Å². The molecular formula is C15H22O6. The number of aromatic hydroxyl groups is 2. The van der Waals surface area contributed by atoms with E-state index in [0.717, 1.165) is 0 Å². The van der Waals surface area contributed by atoms with Gasteiger partial charge in [-0.15, -0.1) is 0 Å². The highest BCUT2D eigenvalue weighted by molar-refractivity contribution is 5.73. The number of aliphatic hydroxyl groups excluding tert-OH is 1. The zero-order chi connectivity index (χ0) is 15.8. The zero-order valence-corrected chi connectivity index (χ0v) is 12.3. The van der Waals surface area contributed by atoms with Gasteiger partial charge < -0.3 is 24.8 Å². The van der Waals surface area contributed by atoms with Crippen molar-refractivity contribution in [3.63, 3.8) is 0 Å². The van der Waals surface area contributed by atoms with Crippen LogP contribution in [0, 0.1) is 5.92 Å². The summed E-state index contributed by atoms with van der Waals surface area (Å²) >= 11 is 0. The lowest BCUT2D eigenvalue weighted by Crippen LogP contribution is -2.25. The first-order chi connectivity index (χ1) is 9.97. The first kappa shape index (κ1) is 17.3. The van der Waals surface area contributed by atoms with Gasteiger partial charge in [0.2, 0.25) is 0 Å². The predicted molar refractivity (Wildman–Crippen MR) is 76.1 cm³/mol. The van der Waals surface area contributed by atoms with Crippen molar-refractivity contribution in [2.75, 3.05) is 20.3 Å². The van der Waals surface area contributed by atoms with Crippen LogP contribution in [0.2, 0.25) is 0 Å². The quantitative estimate of drug-likeness (QED) is 0.624. The fourth-order valence-electron chi connectivity index (χ4n) is 1.83. The van der Waals surface area contributed by atoms with Crippen molar-refractivity contribution in [3.8, 4) is 11.5 Å². The first-order valence-corrected chi connectivity index (χ1v) is 6.79. The number of aliphatic hydroxyl groups is 1. The maximum absolute atomic E-state index is 12.0. The van der Waals surface area contributed by atoms with Crippen molar-refractivity contribution < 1.29 is 29.6 Å². The molecule has 1 aromatic carbocycles. The third-order valence-corrected chi connectivity index (χ3v) is 3.21. The van der Waals surface area contributed by atoms with Gasteiger partial charge in [0, 0.05) is 19.8 Å². The maximum Gasteiger partial charge on any atom is 0.309 e. The lowest BCUT2D eigenvalue weighted by Gasteiger charge is -2.17. The molecule has 0 amide bonds. The molecule has 2 unspecified atom stereocenters. The molecule has 1 aromatic rings. The molecule has 21 heavy (non-hydrogen) atoms. The Morgan fingerprint density at radius 1 is 1.33 bits per heavy atom. The summed E-state index contributed by atoms with van der Waals surface area (Å²) in [7, 11) is 1.53. The lowest BCUT2D eigenvalue weighted by molar-refractivity contribution is -0.152. The van der Waals surface area contributed by atoms with Crippen molar-refractivity contribution in [1.29, 1.82) is 0 Å². The minimum atomic E-state index is -0.561. The number of phenols is 2. The fraction of sp³-hybridized carbons (Fsp3) is 0.533. The molecule has 0 heterocycles. The first-order valence-electron chi connectivity index (χ1n) is 6.79. The van der Waals surface area contributed by atoms with Gasteiger partial charge in [0.15, 0.2) is 0 Å². The topological polar surface area (TPSA) is 96.2 Å². The number of phenolic OH excluding ortho intramolecular Hbond substituents is 2. The number of ether oxygens (including phenoxy) is 2. The van der Waals surface area contributed by atoms with Crippen LogP contribution in [0.4, 0.5) is 0 Å². The molecule has 6 heteroatoms. The Labute approximate surface area is 123 Å². The Kier molecular flexibility index (Phi) is 6.98. The van der Waals surface area contributed by atoms with Gasteiger partial charge in [0.05, 0.1) is 12.0 Å². The van der Waals surface area contributed by atoms with Crippen molar-refractivity contribution in [3.05, 3.63) is 23.8 Å². The van der Waals surface area contributed by atoms with Crippen LogP contribution in [0.3, 0.4) is 0 Å². The summed E-state index contributed by atoms with van der Waals surface area (Å²) in [6.45, 7) is 1.76. The van der Waals surface area contributed by atoms with Gasteiger partial charge in [0.1, 0.15) is 18.1 Å². The second-order valence-electron chi connectivity index (χ2n) is 4.90. The van der Waals surface area contributed by atoms with E-state index in [2.05, 4.69) is 0 Å². The molecule has 3 N–H and O–H groups in total. The number of hydrogen-bond acceptors (Lipinski definition) is 6. The molecule has 0 fully saturated rings. The highest BCUT2D eigenvalue weighted by Gasteiger charge is 2.22. The highest BCUT2D eigenvalue weighted by Crippen LogP contribution is 2.26. The molecule has 0 saturated heterocycles. The predicted octanol–water partition coefficient (Wildman–Crippen LogP) is 1.22. The molecule has 0 spiro atoms. The average Bonchev–Trinajstić information content (AvgIpc) is 2.46. The number of carbonyl (C=O) groups excluding carboxylic acids is 1. The third kappa shape index (κ3) is 5.61. The van der Waals surface area contributed by atoms with Crippen LogP contribution in [0.5, 0.6) is 11.5 Å². The molecule has 0 aliphatic rings. The van der Waals surface area contributed by atoms with Gasteiger partial charge in [-0.05, 0) is 31.4 Å². The Morgan fingerprint density at radius 2 is 2.05 bits per heavy atom. The second-order valence-corrected chi connectivity index (χ2v) is 4.90. The minimum absolute atomic E-state index is 0.0496. The highest BCUT2D eigenvalue weighted by atomic mass is 16.6.